The molecule has 1 N–H and O–H groups in total. The highest BCUT2D eigenvalue weighted by Gasteiger charge is 2.05. The van der Waals surface area contributed by atoms with E-state index < -0.39 is 0 Å². The molecule has 0 unspecified atom stereocenters. The van der Waals surface area contributed by atoms with E-state index in [2.05, 4.69) is 16.8 Å². The number of hydrogen-bond donors (Lipinski definition) is 1. The van der Waals surface area contributed by atoms with Crippen molar-refractivity contribution >= 4 is 10.8 Å². The van der Waals surface area contributed by atoms with E-state index in [0.717, 1.165) is 17.3 Å². The van der Waals surface area contributed by atoms with Gasteiger partial charge in [0.25, 0.3) is 0 Å². The Morgan fingerprint density at radius 3 is 2.81 bits per heavy atom. The predicted octanol–water partition coefficient (Wildman–Crippen LogP) is 2.18. The first-order valence-electron chi connectivity index (χ1n) is 5.15. The van der Waals surface area contributed by atoms with E-state index in [0.29, 0.717) is 5.69 Å². The van der Waals surface area contributed by atoms with Crippen molar-refractivity contribution in [1.82, 2.24) is 9.88 Å². The molecule has 1 radical (unpaired) electrons. The second-order valence-electron chi connectivity index (χ2n) is 4.21. The molecular weight excluding hydrogens is 200 g/mol. The Balaban J connectivity index is 2.52. The van der Waals surface area contributed by atoms with E-state index in [4.69, 9.17) is 0 Å². The highest BCUT2D eigenvalue weighted by molar-refractivity contribution is 5.88. The van der Waals surface area contributed by atoms with E-state index in [9.17, 15) is 5.11 Å². The molecule has 0 aliphatic rings. The second-order valence-corrected chi connectivity index (χ2v) is 4.21. The maximum absolute atomic E-state index is 9.80. The highest BCUT2D eigenvalue weighted by atomic mass is 16.3. The fraction of sp³-hybridized carbons (Fsp3) is 0.231. The lowest BCUT2D eigenvalue weighted by atomic mass is 10.1. The molecule has 0 bridgehead atoms. The van der Waals surface area contributed by atoms with Crippen molar-refractivity contribution in [3.63, 3.8) is 0 Å². The highest BCUT2D eigenvalue weighted by Crippen LogP contribution is 2.27. The third kappa shape index (κ3) is 1.99. The monoisotopic (exact) mass is 215 g/mol. The van der Waals surface area contributed by atoms with Gasteiger partial charge in [-0.3, -0.25) is 4.98 Å². The van der Waals surface area contributed by atoms with Crippen LogP contribution in [0.5, 0.6) is 5.75 Å². The number of rotatable bonds is 2. The van der Waals surface area contributed by atoms with Gasteiger partial charge < -0.3 is 10.0 Å². The molecule has 0 fully saturated rings. The fourth-order valence-corrected chi connectivity index (χ4v) is 1.76. The molecule has 2 rings (SSSR count). The summed E-state index contributed by atoms with van der Waals surface area (Å²) in [4.78, 5) is 6.15. The normalized spacial score (nSPS) is 11.2. The van der Waals surface area contributed by atoms with Gasteiger partial charge in [0, 0.05) is 23.5 Å². The van der Waals surface area contributed by atoms with Crippen molar-refractivity contribution in [2.24, 2.45) is 0 Å². The smallest absolute Gasteiger partial charge is 0.144 e. The van der Waals surface area contributed by atoms with Crippen molar-refractivity contribution in [3.8, 4) is 5.75 Å². The van der Waals surface area contributed by atoms with Crippen LogP contribution >= 0.6 is 0 Å². The Morgan fingerprint density at radius 2 is 2.12 bits per heavy atom. The van der Waals surface area contributed by atoms with Crippen molar-refractivity contribution < 1.29 is 5.11 Å². The summed E-state index contributed by atoms with van der Waals surface area (Å²) in [6.07, 6.45) is 1.75. The Hall–Kier alpha value is -1.61. The van der Waals surface area contributed by atoms with E-state index in [1.807, 2.05) is 32.3 Å². The van der Waals surface area contributed by atoms with Gasteiger partial charge in [0.1, 0.15) is 5.75 Å². The molecule has 1 aromatic carbocycles. The minimum Gasteiger partial charge on any atom is -0.505 e. The first kappa shape index (κ1) is 10.9. The lowest BCUT2D eigenvalue weighted by Crippen LogP contribution is -2.10. The van der Waals surface area contributed by atoms with Crippen LogP contribution in [0, 0.1) is 6.92 Å². The first-order chi connectivity index (χ1) is 7.58. The standard InChI is InChI=1S/C13H15N2O/c1-9-13(16)12-5-4-10(8-15(2)3)6-11(12)7-14-9/h4-7,16H,1,8H2,2-3H3. The third-order valence-corrected chi connectivity index (χ3v) is 2.50. The number of hydrogen-bond acceptors (Lipinski definition) is 3. The quantitative estimate of drug-likeness (QED) is 0.834. The summed E-state index contributed by atoms with van der Waals surface area (Å²) in [5.41, 5.74) is 1.63. The van der Waals surface area contributed by atoms with Crippen LogP contribution in [0.3, 0.4) is 0 Å². The van der Waals surface area contributed by atoms with E-state index >= 15 is 0 Å². The Bertz CT molecular complexity index is 521. The lowest BCUT2D eigenvalue weighted by Gasteiger charge is -2.11. The van der Waals surface area contributed by atoms with Crippen molar-refractivity contribution in [2.75, 3.05) is 14.1 Å². The van der Waals surface area contributed by atoms with Gasteiger partial charge in [-0.2, -0.15) is 0 Å². The molecular formula is C13H15N2O. The molecule has 0 aliphatic heterocycles. The molecule has 0 spiro atoms. The molecule has 0 atom stereocenters. The molecule has 0 saturated carbocycles. The van der Waals surface area contributed by atoms with Crippen LogP contribution < -0.4 is 0 Å². The Morgan fingerprint density at radius 1 is 1.38 bits per heavy atom. The van der Waals surface area contributed by atoms with Gasteiger partial charge in [-0.25, -0.2) is 0 Å². The van der Waals surface area contributed by atoms with Crippen LogP contribution in [-0.4, -0.2) is 29.1 Å². The van der Waals surface area contributed by atoms with Crippen LogP contribution in [0.15, 0.2) is 24.4 Å². The average molecular weight is 215 g/mol. The molecule has 0 amide bonds. The Labute approximate surface area is 95.3 Å². The minimum atomic E-state index is 0.175. The van der Waals surface area contributed by atoms with Gasteiger partial charge >= 0.3 is 0 Å². The average Bonchev–Trinajstić information content (AvgIpc) is 2.23. The molecule has 0 aliphatic carbocycles. The summed E-state index contributed by atoms with van der Waals surface area (Å²) in [6.45, 7) is 4.55. The molecule has 2 aromatic rings. The van der Waals surface area contributed by atoms with Gasteiger partial charge in [0.05, 0.1) is 5.69 Å². The summed E-state index contributed by atoms with van der Waals surface area (Å²) in [5, 5.41) is 11.6. The van der Waals surface area contributed by atoms with Gasteiger partial charge in [0.15, 0.2) is 0 Å². The number of fused-ring (bicyclic) bond motifs is 1. The van der Waals surface area contributed by atoms with Crippen LogP contribution in [0.2, 0.25) is 0 Å². The van der Waals surface area contributed by atoms with Crippen LogP contribution in [0.1, 0.15) is 11.3 Å². The second kappa shape index (κ2) is 4.10. The number of benzene rings is 1. The largest absolute Gasteiger partial charge is 0.505 e. The zero-order valence-corrected chi connectivity index (χ0v) is 9.57. The van der Waals surface area contributed by atoms with Gasteiger partial charge in [-0.15, -0.1) is 0 Å². The van der Waals surface area contributed by atoms with E-state index in [1.165, 1.54) is 5.56 Å². The number of aromatic nitrogens is 1. The zero-order chi connectivity index (χ0) is 11.7. The van der Waals surface area contributed by atoms with Gasteiger partial charge in [-0.05, 0) is 32.6 Å². The van der Waals surface area contributed by atoms with E-state index in [1.54, 1.807) is 6.20 Å². The molecule has 3 nitrogen and oxygen atoms in total. The maximum Gasteiger partial charge on any atom is 0.144 e. The third-order valence-electron chi connectivity index (χ3n) is 2.50. The molecule has 1 heterocycles. The molecule has 16 heavy (non-hydrogen) atoms. The maximum atomic E-state index is 9.80. The minimum absolute atomic E-state index is 0.175. The van der Waals surface area contributed by atoms with E-state index in [-0.39, 0.29) is 5.75 Å². The Kier molecular flexibility index (Phi) is 2.79. The molecule has 3 heteroatoms. The number of nitrogens with zero attached hydrogens (tertiary/aromatic N) is 2. The first-order valence-corrected chi connectivity index (χ1v) is 5.15. The van der Waals surface area contributed by atoms with Crippen LogP contribution in [0.25, 0.3) is 10.8 Å². The van der Waals surface area contributed by atoms with Crippen LogP contribution in [-0.2, 0) is 6.54 Å². The summed E-state index contributed by atoms with van der Waals surface area (Å²) in [5.74, 6) is 0.175. The lowest BCUT2D eigenvalue weighted by molar-refractivity contribution is 0.402. The summed E-state index contributed by atoms with van der Waals surface area (Å²) < 4.78 is 0. The van der Waals surface area contributed by atoms with Crippen molar-refractivity contribution in [1.29, 1.82) is 0 Å². The summed E-state index contributed by atoms with van der Waals surface area (Å²) >= 11 is 0. The molecule has 83 valence electrons. The number of pyridine rings is 1. The summed E-state index contributed by atoms with van der Waals surface area (Å²) in [7, 11) is 4.05. The van der Waals surface area contributed by atoms with Crippen molar-refractivity contribution in [3.05, 3.63) is 42.6 Å². The molecule has 0 saturated heterocycles. The number of aromatic hydroxyl groups is 1. The van der Waals surface area contributed by atoms with Gasteiger partial charge in [-0.1, -0.05) is 12.1 Å². The molecule has 1 aromatic heterocycles. The van der Waals surface area contributed by atoms with Crippen LogP contribution in [0.4, 0.5) is 0 Å². The fourth-order valence-electron chi connectivity index (χ4n) is 1.76. The van der Waals surface area contributed by atoms with Gasteiger partial charge in [0.2, 0.25) is 0 Å². The summed E-state index contributed by atoms with van der Waals surface area (Å²) in [6, 6.07) is 5.98. The van der Waals surface area contributed by atoms with Crippen molar-refractivity contribution in [2.45, 2.75) is 6.54 Å². The predicted molar refractivity (Wildman–Crippen MR) is 65.3 cm³/mol. The zero-order valence-electron chi connectivity index (χ0n) is 9.57. The topological polar surface area (TPSA) is 36.4 Å². The SMILES string of the molecule is [CH2]c1ncc2cc(CN(C)C)ccc2c1O.